The van der Waals surface area contributed by atoms with Gasteiger partial charge in [0.2, 0.25) is 23.6 Å². The molecule has 0 aromatic carbocycles. The number of ketones is 2. The zero-order valence-corrected chi connectivity index (χ0v) is 39.3. The van der Waals surface area contributed by atoms with Crippen LogP contribution < -0.4 is 26.6 Å². The van der Waals surface area contributed by atoms with Crippen molar-refractivity contribution in [3.8, 4) is 0 Å². The molecule has 0 aromatic rings. The van der Waals surface area contributed by atoms with Crippen LogP contribution in [-0.4, -0.2) is 137 Å². The zero-order chi connectivity index (χ0) is 46.8. The summed E-state index contributed by atoms with van der Waals surface area (Å²) in [6.07, 6.45) is 19.2. The molecule has 4 amide bonds. The largest absolute Gasteiger partial charge is 0.480 e. The molecule has 366 valence electrons. The fourth-order valence-electron chi connectivity index (χ4n) is 6.57. The predicted octanol–water partition coefficient (Wildman–Crippen LogP) is 4.71. The Balaban J connectivity index is 3.67. The van der Waals surface area contributed by atoms with Crippen LogP contribution in [0.3, 0.4) is 0 Å². The highest BCUT2D eigenvalue weighted by atomic mass is 16.5. The number of unbranched alkanes of at least 4 members (excludes halogenated alkanes) is 14. The van der Waals surface area contributed by atoms with E-state index in [1.165, 1.54) is 51.4 Å². The third kappa shape index (κ3) is 42.2. The van der Waals surface area contributed by atoms with Gasteiger partial charge in [-0.25, -0.2) is 4.79 Å². The number of carbonyl (C=O) groups is 7. The number of hydrogen-bond acceptors (Lipinski definition) is 12. The molecule has 17 heteroatoms. The van der Waals surface area contributed by atoms with E-state index >= 15 is 0 Å². The molecule has 0 heterocycles. The maximum atomic E-state index is 12.3. The molecule has 0 unspecified atom stereocenters. The van der Waals surface area contributed by atoms with Crippen molar-refractivity contribution in [1.82, 2.24) is 26.6 Å². The van der Waals surface area contributed by atoms with Gasteiger partial charge in [-0.1, -0.05) is 90.9 Å². The molecule has 0 saturated heterocycles. The third-order valence-electron chi connectivity index (χ3n) is 10.1. The Morgan fingerprint density at radius 2 is 0.889 bits per heavy atom. The molecule has 0 aliphatic heterocycles. The average molecular weight is 900 g/mol. The van der Waals surface area contributed by atoms with Gasteiger partial charge in [0, 0.05) is 44.9 Å². The molecule has 0 bridgehead atoms. The number of carboxylic acid groups (broad SMARTS) is 1. The second-order valence-corrected chi connectivity index (χ2v) is 16.5. The number of nitrogens with one attached hydrogen (secondary N) is 5. The zero-order valence-electron chi connectivity index (χ0n) is 39.3. The van der Waals surface area contributed by atoms with Crippen molar-refractivity contribution in [2.24, 2.45) is 0 Å². The molecule has 63 heavy (non-hydrogen) atoms. The molecular formula is C46H85N5O12. The van der Waals surface area contributed by atoms with E-state index in [9.17, 15) is 38.7 Å². The SMILES string of the molecule is CC(=O)CCCCCCCCCCCCCCCCC(=O)N[C@@H](CCC(=O)NCCOCCOCC(=O)NCCOCCOCC(=O)NCCCC[C@H](NC(C)C)C(C)=O)C(=O)O. The lowest BCUT2D eigenvalue weighted by atomic mass is 10.0. The fourth-order valence-corrected chi connectivity index (χ4v) is 6.57. The van der Waals surface area contributed by atoms with Crippen molar-refractivity contribution >= 4 is 41.2 Å². The maximum Gasteiger partial charge on any atom is 0.326 e. The van der Waals surface area contributed by atoms with E-state index in [4.69, 9.17) is 18.9 Å². The van der Waals surface area contributed by atoms with Crippen molar-refractivity contribution in [3.63, 3.8) is 0 Å². The molecule has 0 aliphatic carbocycles. The third-order valence-corrected chi connectivity index (χ3v) is 10.1. The molecule has 0 spiro atoms. The second-order valence-electron chi connectivity index (χ2n) is 16.5. The molecule has 0 saturated carbocycles. The molecule has 6 N–H and O–H groups in total. The quantitative estimate of drug-likeness (QED) is 0.0455. The molecule has 2 atom stereocenters. The molecule has 0 aliphatic rings. The highest BCUT2D eigenvalue weighted by molar-refractivity contribution is 5.84. The van der Waals surface area contributed by atoms with Crippen LogP contribution in [0.25, 0.3) is 0 Å². The molecule has 0 fully saturated rings. The van der Waals surface area contributed by atoms with Crippen molar-refractivity contribution in [2.45, 2.75) is 181 Å². The Morgan fingerprint density at radius 3 is 1.35 bits per heavy atom. The van der Waals surface area contributed by atoms with Crippen LogP contribution in [0.1, 0.15) is 163 Å². The number of carboxylic acids is 1. The lowest BCUT2D eigenvalue weighted by Crippen LogP contribution is -2.41. The van der Waals surface area contributed by atoms with Gasteiger partial charge >= 0.3 is 5.97 Å². The molecule has 0 radical (unpaired) electrons. The number of hydrogen-bond donors (Lipinski definition) is 6. The Bertz CT molecular complexity index is 1240. The van der Waals surface area contributed by atoms with Crippen LogP contribution in [0, 0.1) is 0 Å². The normalized spacial score (nSPS) is 12.1. The van der Waals surface area contributed by atoms with Crippen molar-refractivity contribution < 1.29 is 57.6 Å². The summed E-state index contributed by atoms with van der Waals surface area (Å²) < 4.78 is 21.4. The van der Waals surface area contributed by atoms with Crippen molar-refractivity contribution in [1.29, 1.82) is 0 Å². The van der Waals surface area contributed by atoms with E-state index in [2.05, 4.69) is 26.6 Å². The lowest BCUT2D eigenvalue weighted by Gasteiger charge is -2.18. The van der Waals surface area contributed by atoms with Gasteiger partial charge in [0.1, 0.15) is 30.8 Å². The van der Waals surface area contributed by atoms with Gasteiger partial charge in [0.25, 0.3) is 0 Å². The average Bonchev–Trinajstić information content (AvgIpc) is 3.22. The van der Waals surface area contributed by atoms with Gasteiger partial charge in [-0.2, -0.15) is 0 Å². The number of Topliss-reactive ketones (excluding diaryl/α,β-unsaturated/α-hetero) is 2. The van der Waals surface area contributed by atoms with Crippen LogP contribution in [0.2, 0.25) is 0 Å². The number of carbonyl (C=O) groups excluding carboxylic acids is 6. The van der Waals surface area contributed by atoms with Crippen LogP contribution in [0.15, 0.2) is 0 Å². The van der Waals surface area contributed by atoms with E-state index in [0.29, 0.717) is 19.4 Å². The van der Waals surface area contributed by atoms with E-state index < -0.39 is 12.0 Å². The van der Waals surface area contributed by atoms with E-state index in [-0.39, 0.29) is 132 Å². The van der Waals surface area contributed by atoms with Crippen LogP contribution in [0.5, 0.6) is 0 Å². The standard InChI is InChI=1S/C46H85N5O12/c1-37(2)50-40(39(4)53)22-19-20-26-47-44(56)35-62-33-32-61-30-28-49-45(57)36-63-34-31-60-29-27-48-42(54)25-24-41(46(58)59)51-43(55)23-18-16-14-12-10-8-6-5-7-9-11-13-15-17-21-38(3)52/h37,40-41,50H,5-36H2,1-4H3,(H,47,56)(H,48,54)(H,49,57)(H,51,55)(H,58,59)/t40-,41-/m0/s1. The first-order valence-corrected chi connectivity index (χ1v) is 23.7. The van der Waals surface area contributed by atoms with Crippen molar-refractivity contribution in [3.05, 3.63) is 0 Å². The van der Waals surface area contributed by atoms with E-state index in [1.54, 1.807) is 13.8 Å². The number of rotatable bonds is 46. The molecule has 0 rings (SSSR count). The van der Waals surface area contributed by atoms with Crippen molar-refractivity contribution in [2.75, 3.05) is 72.5 Å². The summed E-state index contributed by atoms with van der Waals surface area (Å²) in [7, 11) is 0. The first kappa shape index (κ1) is 59.5. The number of ether oxygens (including phenoxy) is 4. The summed E-state index contributed by atoms with van der Waals surface area (Å²) in [6, 6.07) is -1.06. The highest BCUT2D eigenvalue weighted by Crippen LogP contribution is 2.14. The Kier molecular flexibility index (Phi) is 40.1. The number of aliphatic carboxylic acids is 1. The molecule has 0 aromatic heterocycles. The summed E-state index contributed by atoms with van der Waals surface area (Å²) in [5.41, 5.74) is 0. The topological polar surface area (TPSA) is 237 Å². The first-order valence-electron chi connectivity index (χ1n) is 23.7. The smallest absolute Gasteiger partial charge is 0.326 e. The van der Waals surface area contributed by atoms with Gasteiger partial charge in [0.05, 0.1) is 45.7 Å². The Labute approximate surface area is 377 Å². The number of amides is 4. The monoisotopic (exact) mass is 900 g/mol. The molecular weight excluding hydrogens is 815 g/mol. The summed E-state index contributed by atoms with van der Waals surface area (Å²) >= 11 is 0. The highest BCUT2D eigenvalue weighted by Gasteiger charge is 2.21. The summed E-state index contributed by atoms with van der Waals surface area (Å²) in [4.78, 5) is 82.7. The lowest BCUT2D eigenvalue weighted by molar-refractivity contribution is -0.142. The summed E-state index contributed by atoms with van der Waals surface area (Å²) in [6.45, 7) is 9.39. The maximum absolute atomic E-state index is 12.3. The van der Waals surface area contributed by atoms with Gasteiger partial charge in [0.15, 0.2) is 0 Å². The second kappa shape index (κ2) is 42.4. The van der Waals surface area contributed by atoms with Gasteiger partial charge < -0.3 is 55.4 Å². The van der Waals surface area contributed by atoms with Gasteiger partial charge in [-0.15, -0.1) is 0 Å². The minimum Gasteiger partial charge on any atom is -0.480 e. The minimum atomic E-state index is -1.17. The Hall–Kier alpha value is -3.51. The summed E-state index contributed by atoms with van der Waals surface area (Å²) in [5.74, 6) is -1.96. The van der Waals surface area contributed by atoms with Gasteiger partial charge in [-0.05, 0) is 52.4 Å². The predicted molar refractivity (Wildman–Crippen MR) is 242 cm³/mol. The van der Waals surface area contributed by atoms with E-state index in [0.717, 1.165) is 51.4 Å². The van der Waals surface area contributed by atoms with E-state index in [1.807, 2.05) is 13.8 Å². The summed E-state index contributed by atoms with van der Waals surface area (Å²) in [5, 5.41) is 23.5. The van der Waals surface area contributed by atoms with Crippen LogP contribution in [0.4, 0.5) is 0 Å². The first-order chi connectivity index (χ1) is 30.3. The minimum absolute atomic E-state index is 0.0178. The molecule has 17 nitrogen and oxygen atoms in total. The van der Waals surface area contributed by atoms with Gasteiger partial charge in [-0.3, -0.25) is 24.0 Å². The van der Waals surface area contributed by atoms with Crippen LogP contribution in [-0.2, 0) is 52.5 Å². The van der Waals surface area contributed by atoms with Crippen LogP contribution >= 0.6 is 0 Å². The fraction of sp³-hybridized carbons (Fsp3) is 0.848. The Morgan fingerprint density at radius 1 is 0.444 bits per heavy atom.